The van der Waals surface area contributed by atoms with Crippen LogP contribution in [0.5, 0.6) is 0 Å². The van der Waals surface area contributed by atoms with E-state index in [9.17, 15) is 4.39 Å². The molecule has 0 fully saturated rings. The third-order valence-electron chi connectivity index (χ3n) is 1.51. The molecule has 12 heavy (non-hydrogen) atoms. The zero-order chi connectivity index (χ0) is 8.97. The van der Waals surface area contributed by atoms with Crippen molar-refractivity contribution in [3.05, 3.63) is 28.5 Å². The third kappa shape index (κ3) is 2.53. The highest BCUT2D eigenvalue weighted by Gasteiger charge is 2.08. The van der Waals surface area contributed by atoms with Gasteiger partial charge in [0.15, 0.2) is 0 Å². The molecule has 1 unspecified atom stereocenters. The number of alkyl halides is 1. The molecule has 1 heterocycles. The maximum Gasteiger partial charge on any atom is 0.128 e. The van der Waals surface area contributed by atoms with Gasteiger partial charge in [-0.15, -0.1) is 0 Å². The Labute approximate surface area is 79.1 Å². The van der Waals surface area contributed by atoms with E-state index in [0.717, 1.165) is 4.47 Å². The molecule has 0 spiro atoms. The first-order chi connectivity index (χ1) is 5.74. The van der Waals surface area contributed by atoms with Gasteiger partial charge in [0.2, 0.25) is 0 Å². The number of nitrogens with two attached hydrogens (primary N) is 1. The van der Waals surface area contributed by atoms with E-state index in [1.54, 1.807) is 12.3 Å². The molecule has 0 aliphatic carbocycles. The van der Waals surface area contributed by atoms with Gasteiger partial charge in [-0.25, -0.2) is 4.39 Å². The smallest absolute Gasteiger partial charge is 0.128 e. The summed E-state index contributed by atoms with van der Waals surface area (Å²) in [5.41, 5.74) is 5.81. The summed E-state index contributed by atoms with van der Waals surface area (Å²) in [7, 11) is 0. The molecule has 0 bridgehead atoms. The topological polar surface area (TPSA) is 38.9 Å². The minimum atomic E-state index is -1.00. The lowest BCUT2D eigenvalue weighted by Crippen LogP contribution is -2.03. The van der Waals surface area contributed by atoms with Crippen LogP contribution in [0.25, 0.3) is 0 Å². The number of hydrogen-bond acceptors (Lipinski definition) is 2. The summed E-state index contributed by atoms with van der Waals surface area (Å²) in [5, 5.41) is 0. The van der Waals surface area contributed by atoms with Crippen molar-refractivity contribution in [2.45, 2.75) is 12.6 Å². The van der Waals surface area contributed by atoms with Crippen LogP contribution in [-0.2, 0) is 0 Å². The van der Waals surface area contributed by atoms with Crippen LogP contribution in [0.2, 0.25) is 0 Å². The van der Waals surface area contributed by atoms with Gasteiger partial charge >= 0.3 is 0 Å². The molecular weight excluding hydrogens is 223 g/mol. The molecule has 1 aromatic heterocycles. The van der Waals surface area contributed by atoms with Gasteiger partial charge in [-0.2, -0.15) is 0 Å². The lowest BCUT2D eigenvalue weighted by Gasteiger charge is -2.05. The van der Waals surface area contributed by atoms with Gasteiger partial charge in [-0.1, -0.05) is 0 Å². The normalized spacial score (nSPS) is 12.9. The average molecular weight is 233 g/mol. The van der Waals surface area contributed by atoms with E-state index in [2.05, 4.69) is 20.9 Å². The fraction of sp³-hybridized carbons (Fsp3) is 0.375. The molecule has 1 aromatic rings. The standard InChI is InChI=1S/C8H10BrFN2/c9-7-3-6(4-12-5-7)8(10)1-2-11/h3-5,8H,1-2,11H2. The van der Waals surface area contributed by atoms with Gasteiger partial charge in [0.25, 0.3) is 0 Å². The van der Waals surface area contributed by atoms with Crippen molar-refractivity contribution in [1.82, 2.24) is 4.98 Å². The monoisotopic (exact) mass is 232 g/mol. The van der Waals surface area contributed by atoms with Crippen molar-refractivity contribution in [2.75, 3.05) is 6.54 Å². The first-order valence-electron chi connectivity index (χ1n) is 3.68. The molecule has 1 atom stereocenters. The maximum atomic E-state index is 13.2. The minimum Gasteiger partial charge on any atom is -0.330 e. The molecule has 2 nitrogen and oxygen atoms in total. The van der Waals surface area contributed by atoms with Crippen LogP contribution in [0.1, 0.15) is 18.2 Å². The molecule has 0 aliphatic rings. The highest BCUT2D eigenvalue weighted by molar-refractivity contribution is 9.10. The first kappa shape index (κ1) is 9.61. The second kappa shape index (κ2) is 4.52. The third-order valence-corrected chi connectivity index (χ3v) is 1.94. The number of rotatable bonds is 3. The van der Waals surface area contributed by atoms with E-state index < -0.39 is 6.17 Å². The van der Waals surface area contributed by atoms with Gasteiger partial charge in [0, 0.05) is 22.4 Å². The quantitative estimate of drug-likeness (QED) is 0.869. The fourth-order valence-electron chi connectivity index (χ4n) is 0.913. The predicted molar refractivity (Wildman–Crippen MR) is 49.5 cm³/mol. The average Bonchev–Trinajstić information content (AvgIpc) is 2.05. The van der Waals surface area contributed by atoms with Crippen LogP contribution in [0.4, 0.5) is 4.39 Å². The van der Waals surface area contributed by atoms with Crippen LogP contribution in [-0.4, -0.2) is 11.5 Å². The molecule has 0 amide bonds. The van der Waals surface area contributed by atoms with Crippen molar-refractivity contribution >= 4 is 15.9 Å². The van der Waals surface area contributed by atoms with E-state index >= 15 is 0 Å². The Morgan fingerprint density at radius 2 is 2.33 bits per heavy atom. The Balaban J connectivity index is 2.73. The van der Waals surface area contributed by atoms with E-state index in [1.807, 2.05) is 0 Å². The molecule has 0 aliphatic heterocycles. The zero-order valence-electron chi connectivity index (χ0n) is 6.50. The Kier molecular flexibility index (Phi) is 3.62. The Bertz CT molecular complexity index is 255. The van der Waals surface area contributed by atoms with E-state index in [4.69, 9.17) is 5.73 Å². The van der Waals surface area contributed by atoms with Crippen molar-refractivity contribution in [1.29, 1.82) is 0 Å². The van der Waals surface area contributed by atoms with Crippen molar-refractivity contribution in [3.8, 4) is 0 Å². The predicted octanol–water partition coefficient (Wildman–Crippen LogP) is 2.20. The molecule has 66 valence electrons. The molecule has 0 aromatic carbocycles. The second-order valence-electron chi connectivity index (χ2n) is 2.48. The zero-order valence-corrected chi connectivity index (χ0v) is 8.09. The van der Waals surface area contributed by atoms with Crippen LogP contribution < -0.4 is 5.73 Å². The van der Waals surface area contributed by atoms with Crippen molar-refractivity contribution < 1.29 is 4.39 Å². The Hall–Kier alpha value is -0.480. The minimum absolute atomic E-state index is 0.345. The second-order valence-corrected chi connectivity index (χ2v) is 3.40. The summed E-state index contributed by atoms with van der Waals surface area (Å²) in [6.45, 7) is 0.355. The number of pyridine rings is 1. The van der Waals surface area contributed by atoms with E-state index in [0.29, 0.717) is 18.5 Å². The molecule has 0 radical (unpaired) electrons. The van der Waals surface area contributed by atoms with Crippen LogP contribution >= 0.6 is 15.9 Å². The van der Waals surface area contributed by atoms with Crippen LogP contribution in [0, 0.1) is 0 Å². The lowest BCUT2D eigenvalue weighted by atomic mass is 10.1. The van der Waals surface area contributed by atoms with Crippen molar-refractivity contribution in [3.63, 3.8) is 0 Å². The summed E-state index contributed by atoms with van der Waals surface area (Å²) in [5.74, 6) is 0. The number of hydrogen-bond donors (Lipinski definition) is 1. The summed E-state index contributed by atoms with van der Waals surface area (Å²) in [6, 6.07) is 1.72. The SMILES string of the molecule is NCCC(F)c1cncc(Br)c1. The lowest BCUT2D eigenvalue weighted by molar-refractivity contribution is 0.327. The Morgan fingerprint density at radius 3 is 2.92 bits per heavy atom. The number of halogens is 2. The molecule has 2 N–H and O–H groups in total. The number of aromatic nitrogens is 1. The summed E-state index contributed by atoms with van der Waals surface area (Å²) in [4.78, 5) is 3.86. The molecular formula is C8H10BrFN2. The molecule has 0 saturated heterocycles. The highest BCUT2D eigenvalue weighted by Crippen LogP contribution is 2.21. The summed E-state index contributed by atoms with van der Waals surface area (Å²) < 4.78 is 14.0. The van der Waals surface area contributed by atoms with Crippen molar-refractivity contribution in [2.24, 2.45) is 5.73 Å². The van der Waals surface area contributed by atoms with E-state index in [-0.39, 0.29) is 0 Å². The molecule has 4 heteroatoms. The number of nitrogens with zero attached hydrogens (tertiary/aromatic N) is 1. The van der Waals surface area contributed by atoms with Gasteiger partial charge in [-0.05, 0) is 35.0 Å². The first-order valence-corrected chi connectivity index (χ1v) is 4.48. The van der Waals surface area contributed by atoms with Gasteiger partial charge < -0.3 is 5.73 Å². The molecule has 0 saturated carbocycles. The van der Waals surface area contributed by atoms with Gasteiger partial charge in [0.05, 0.1) is 0 Å². The largest absolute Gasteiger partial charge is 0.330 e. The molecule has 1 rings (SSSR count). The van der Waals surface area contributed by atoms with Crippen LogP contribution in [0.15, 0.2) is 22.9 Å². The van der Waals surface area contributed by atoms with Gasteiger partial charge in [0.1, 0.15) is 6.17 Å². The fourth-order valence-corrected chi connectivity index (χ4v) is 1.30. The van der Waals surface area contributed by atoms with E-state index in [1.165, 1.54) is 6.20 Å². The Morgan fingerprint density at radius 1 is 1.58 bits per heavy atom. The maximum absolute atomic E-state index is 13.2. The summed E-state index contributed by atoms with van der Waals surface area (Å²) in [6.07, 6.45) is 2.49. The van der Waals surface area contributed by atoms with Gasteiger partial charge in [-0.3, -0.25) is 4.98 Å². The van der Waals surface area contributed by atoms with Crippen LogP contribution in [0.3, 0.4) is 0 Å². The highest BCUT2D eigenvalue weighted by atomic mass is 79.9. The summed E-state index contributed by atoms with van der Waals surface area (Å²) >= 11 is 3.22.